The van der Waals surface area contributed by atoms with Crippen molar-refractivity contribution in [2.24, 2.45) is 5.73 Å². The Balaban J connectivity index is 2.41. The van der Waals surface area contributed by atoms with Gasteiger partial charge in [-0.15, -0.1) is 0 Å². The number of unbranched alkanes of at least 4 members (excludes halogenated alkanes) is 1. The summed E-state index contributed by atoms with van der Waals surface area (Å²) in [7, 11) is 0. The zero-order valence-corrected chi connectivity index (χ0v) is 10.4. The maximum absolute atomic E-state index is 5.71. The van der Waals surface area contributed by atoms with E-state index in [1.54, 1.807) is 0 Å². The second-order valence-electron chi connectivity index (χ2n) is 4.49. The van der Waals surface area contributed by atoms with Gasteiger partial charge < -0.3 is 5.73 Å². The highest BCUT2D eigenvalue weighted by molar-refractivity contribution is 5.21. The predicted molar refractivity (Wildman–Crippen MR) is 63.9 cm³/mol. The van der Waals surface area contributed by atoms with Crippen molar-refractivity contribution in [3.63, 3.8) is 0 Å². The summed E-state index contributed by atoms with van der Waals surface area (Å²) in [6, 6.07) is 0.326. The first-order chi connectivity index (χ1) is 7.02. The van der Waals surface area contributed by atoms with Crippen LogP contribution in [-0.2, 0) is 6.54 Å². The van der Waals surface area contributed by atoms with Gasteiger partial charge in [-0.25, -0.2) is 0 Å². The summed E-state index contributed by atoms with van der Waals surface area (Å²) in [5, 5.41) is 4.51. The number of nitrogens with zero attached hydrogens (tertiary/aromatic N) is 2. The lowest BCUT2D eigenvalue weighted by atomic mass is 10.1. The van der Waals surface area contributed by atoms with E-state index in [1.807, 2.05) is 0 Å². The summed E-state index contributed by atoms with van der Waals surface area (Å²) in [4.78, 5) is 0. The third-order valence-electron chi connectivity index (χ3n) is 3.02. The van der Waals surface area contributed by atoms with Crippen LogP contribution >= 0.6 is 0 Å². The van der Waals surface area contributed by atoms with Gasteiger partial charge in [0.1, 0.15) is 0 Å². The molecule has 0 saturated carbocycles. The predicted octanol–water partition coefficient (Wildman–Crippen LogP) is 2.33. The van der Waals surface area contributed by atoms with Crippen LogP contribution in [0, 0.1) is 20.8 Å². The largest absolute Gasteiger partial charge is 0.328 e. The third kappa shape index (κ3) is 3.34. The molecule has 2 N–H and O–H groups in total. The van der Waals surface area contributed by atoms with Gasteiger partial charge in [-0.1, -0.05) is 6.42 Å². The fourth-order valence-corrected chi connectivity index (χ4v) is 1.73. The van der Waals surface area contributed by atoms with Crippen molar-refractivity contribution >= 4 is 0 Å². The molecule has 1 aromatic heterocycles. The van der Waals surface area contributed by atoms with Crippen molar-refractivity contribution in [3.05, 3.63) is 17.0 Å². The Hall–Kier alpha value is -0.830. The molecule has 0 saturated heterocycles. The molecule has 15 heavy (non-hydrogen) atoms. The molecule has 1 atom stereocenters. The maximum atomic E-state index is 5.71. The summed E-state index contributed by atoms with van der Waals surface area (Å²) < 4.78 is 2.12. The van der Waals surface area contributed by atoms with Crippen LogP contribution in [0.15, 0.2) is 0 Å². The van der Waals surface area contributed by atoms with E-state index in [1.165, 1.54) is 24.1 Å². The van der Waals surface area contributed by atoms with Gasteiger partial charge in [0.05, 0.1) is 5.69 Å². The molecule has 1 unspecified atom stereocenters. The summed E-state index contributed by atoms with van der Waals surface area (Å²) in [6.45, 7) is 9.43. The zero-order valence-electron chi connectivity index (χ0n) is 10.4. The Bertz CT molecular complexity index is 313. The topological polar surface area (TPSA) is 43.8 Å². The third-order valence-corrected chi connectivity index (χ3v) is 3.02. The summed E-state index contributed by atoms with van der Waals surface area (Å²) in [5.74, 6) is 0. The first-order valence-electron chi connectivity index (χ1n) is 5.78. The highest BCUT2D eigenvalue weighted by Crippen LogP contribution is 2.12. The molecule has 3 nitrogen and oxygen atoms in total. The van der Waals surface area contributed by atoms with Gasteiger partial charge >= 0.3 is 0 Å². The molecule has 0 aromatic carbocycles. The van der Waals surface area contributed by atoms with Crippen molar-refractivity contribution in [1.29, 1.82) is 0 Å². The van der Waals surface area contributed by atoms with E-state index in [9.17, 15) is 0 Å². The molecule has 0 radical (unpaired) electrons. The smallest absolute Gasteiger partial charge is 0.0625 e. The van der Waals surface area contributed by atoms with Crippen LogP contribution in [-0.4, -0.2) is 15.8 Å². The standard InChI is InChI=1S/C12H23N3/c1-9(13)7-5-6-8-15-12(4)10(2)11(3)14-15/h9H,5-8,13H2,1-4H3. The molecule has 0 aliphatic rings. The van der Waals surface area contributed by atoms with Crippen LogP contribution in [0.25, 0.3) is 0 Å². The van der Waals surface area contributed by atoms with Crippen LogP contribution in [0.4, 0.5) is 0 Å². The monoisotopic (exact) mass is 209 g/mol. The lowest BCUT2D eigenvalue weighted by molar-refractivity contribution is 0.512. The van der Waals surface area contributed by atoms with E-state index in [2.05, 4.69) is 37.5 Å². The van der Waals surface area contributed by atoms with E-state index in [4.69, 9.17) is 5.73 Å². The first kappa shape index (κ1) is 12.2. The van der Waals surface area contributed by atoms with Crippen molar-refractivity contribution in [3.8, 4) is 0 Å². The second kappa shape index (κ2) is 5.31. The number of hydrogen-bond donors (Lipinski definition) is 1. The summed E-state index contributed by atoms with van der Waals surface area (Å²) >= 11 is 0. The minimum atomic E-state index is 0.326. The Kier molecular flexibility index (Phi) is 4.33. The van der Waals surface area contributed by atoms with E-state index < -0.39 is 0 Å². The zero-order chi connectivity index (χ0) is 11.4. The quantitative estimate of drug-likeness (QED) is 0.756. The number of hydrogen-bond acceptors (Lipinski definition) is 2. The van der Waals surface area contributed by atoms with Crippen molar-refractivity contribution in [1.82, 2.24) is 9.78 Å². The van der Waals surface area contributed by atoms with Gasteiger partial charge in [-0.05, 0) is 46.1 Å². The van der Waals surface area contributed by atoms with Crippen LogP contribution in [0.5, 0.6) is 0 Å². The van der Waals surface area contributed by atoms with Crippen molar-refractivity contribution in [2.75, 3.05) is 0 Å². The first-order valence-corrected chi connectivity index (χ1v) is 5.78. The SMILES string of the molecule is Cc1nn(CCCCC(C)N)c(C)c1C. The molecule has 0 aliphatic heterocycles. The minimum absolute atomic E-state index is 0.326. The molecule has 0 spiro atoms. The molecule has 1 aromatic rings. The average Bonchev–Trinajstić information content (AvgIpc) is 2.41. The number of aryl methyl sites for hydroxylation is 2. The molecular weight excluding hydrogens is 186 g/mol. The van der Waals surface area contributed by atoms with E-state index >= 15 is 0 Å². The Morgan fingerprint density at radius 1 is 1.27 bits per heavy atom. The van der Waals surface area contributed by atoms with Gasteiger partial charge in [-0.3, -0.25) is 4.68 Å². The van der Waals surface area contributed by atoms with Gasteiger partial charge in [-0.2, -0.15) is 5.10 Å². The number of aromatic nitrogens is 2. The van der Waals surface area contributed by atoms with Crippen LogP contribution in [0.1, 0.15) is 43.1 Å². The fourth-order valence-electron chi connectivity index (χ4n) is 1.73. The molecule has 3 heteroatoms. The fraction of sp³-hybridized carbons (Fsp3) is 0.750. The highest BCUT2D eigenvalue weighted by atomic mass is 15.3. The van der Waals surface area contributed by atoms with Crippen molar-refractivity contribution < 1.29 is 0 Å². The van der Waals surface area contributed by atoms with Gasteiger partial charge in [0.15, 0.2) is 0 Å². The molecule has 1 heterocycles. The van der Waals surface area contributed by atoms with Gasteiger partial charge in [0.25, 0.3) is 0 Å². The highest BCUT2D eigenvalue weighted by Gasteiger charge is 2.06. The molecule has 0 aliphatic carbocycles. The second-order valence-corrected chi connectivity index (χ2v) is 4.49. The van der Waals surface area contributed by atoms with E-state index in [0.29, 0.717) is 6.04 Å². The molecule has 1 rings (SSSR count). The Morgan fingerprint density at radius 3 is 2.40 bits per heavy atom. The number of nitrogens with two attached hydrogens (primary N) is 1. The van der Waals surface area contributed by atoms with Gasteiger partial charge in [0, 0.05) is 18.3 Å². The Morgan fingerprint density at radius 2 is 1.93 bits per heavy atom. The molecular formula is C12H23N3. The van der Waals surface area contributed by atoms with Crippen LogP contribution in [0.3, 0.4) is 0 Å². The number of rotatable bonds is 5. The van der Waals surface area contributed by atoms with E-state index in [0.717, 1.165) is 18.7 Å². The molecule has 86 valence electrons. The summed E-state index contributed by atoms with van der Waals surface area (Å²) in [5.41, 5.74) is 9.48. The molecule has 0 amide bonds. The minimum Gasteiger partial charge on any atom is -0.328 e. The molecule has 0 fully saturated rings. The average molecular weight is 209 g/mol. The van der Waals surface area contributed by atoms with Crippen molar-refractivity contribution in [2.45, 2.75) is 59.5 Å². The van der Waals surface area contributed by atoms with Gasteiger partial charge in [0.2, 0.25) is 0 Å². The maximum Gasteiger partial charge on any atom is 0.0625 e. The lowest BCUT2D eigenvalue weighted by Gasteiger charge is -2.06. The van der Waals surface area contributed by atoms with Crippen LogP contribution in [0.2, 0.25) is 0 Å². The Labute approximate surface area is 92.7 Å². The normalized spacial score (nSPS) is 13.1. The van der Waals surface area contributed by atoms with Crippen LogP contribution < -0.4 is 5.73 Å². The molecule has 0 bridgehead atoms. The van der Waals surface area contributed by atoms with E-state index in [-0.39, 0.29) is 0 Å². The lowest BCUT2D eigenvalue weighted by Crippen LogP contribution is -2.14. The summed E-state index contributed by atoms with van der Waals surface area (Å²) in [6.07, 6.45) is 3.47.